The number of hydrogen-bond donors (Lipinski definition) is 2. The van der Waals surface area contributed by atoms with Gasteiger partial charge in [-0.3, -0.25) is 9.38 Å². The van der Waals surface area contributed by atoms with Crippen LogP contribution in [0, 0.1) is 0 Å². The highest BCUT2D eigenvalue weighted by Gasteiger charge is 2.16. The Balaban J connectivity index is 1.78. The lowest BCUT2D eigenvalue weighted by Crippen LogP contribution is -2.02. The number of nitrogens with zero attached hydrogens (tertiary/aromatic N) is 3. The minimum atomic E-state index is 0.120. The molecule has 4 aromatic rings. The standard InChI is InChI=1S/C19H18N4O2S/c1-2-25-16-10-13(5-6-15(16)24)18-19(21-11-14-4-3-9-26-14)23-8-7-20-12-17(23)22-18/h3-10,12,21,24H,2,11H2,1H3. The van der Waals surface area contributed by atoms with E-state index in [2.05, 4.69) is 21.7 Å². The molecule has 0 atom stereocenters. The molecule has 0 fully saturated rings. The number of aromatic hydroxyl groups is 1. The van der Waals surface area contributed by atoms with Crippen molar-refractivity contribution in [1.82, 2.24) is 14.4 Å². The Hall–Kier alpha value is -3.06. The van der Waals surface area contributed by atoms with E-state index in [1.54, 1.807) is 29.8 Å². The van der Waals surface area contributed by atoms with Gasteiger partial charge in [0.15, 0.2) is 17.1 Å². The van der Waals surface area contributed by atoms with Gasteiger partial charge >= 0.3 is 0 Å². The Labute approximate surface area is 154 Å². The van der Waals surface area contributed by atoms with Crippen LogP contribution in [0.5, 0.6) is 11.5 Å². The molecule has 0 spiro atoms. The fourth-order valence-corrected chi connectivity index (χ4v) is 3.44. The normalized spacial score (nSPS) is 11.0. The van der Waals surface area contributed by atoms with Crippen LogP contribution >= 0.6 is 11.3 Å². The maximum absolute atomic E-state index is 9.98. The molecular formula is C19H18N4O2S. The molecule has 0 saturated heterocycles. The number of hydrogen-bond acceptors (Lipinski definition) is 6. The molecule has 2 N–H and O–H groups in total. The molecule has 1 aromatic carbocycles. The first-order chi connectivity index (χ1) is 12.8. The minimum absolute atomic E-state index is 0.120. The SMILES string of the molecule is CCOc1cc(-c2nc3cnccn3c2NCc2cccs2)ccc1O. The average Bonchev–Trinajstić information content (AvgIpc) is 3.29. The van der Waals surface area contributed by atoms with Gasteiger partial charge in [0.1, 0.15) is 11.5 Å². The lowest BCUT2D eigenvalue weighted by atomic mass is 10.1. The fraction of sp³-hybridized carbons (Fsp3) is 0.158. The molecule has 3 aromatic heterocycles. The van der Waals surface area contributed by atoms with Gasteiger partial charge < -0.3 is 15.2 Å². The second kappa shape index (κ2) is 7.05. The number of phenols is 1. The third-order valence-electron chi connectivity index (χ3n) is 3.97. The summed E-state index contributed by atoms with van der Waals surface area (Å²) < 4.78 is 7.49. The van der Waals surface area contributed by atoms with Gasteiger partial charge in [0, 0.05) is 22.8 Å². The van der Waals surface area contributed by atoms with E-state index in [-0.39, 0.29) is 5.75 Å². The fourth-order valence-electron chi connectivity index (χ4n) is 2.79. The Bertz CT molecular complexity index is 1030. The van der Waals surface area contributed by atoms with Crippen LogP contribution < -0.4 is 10.1 Å². The number of phenolic OH excluding ortho intramolecular Hbond substituents is 1. The number of rotatable bonds is 6. The first kappa shape index (κ1) is 16.4. The van der Waals surface area contributed by atoms with E-state index in [0.717, 1.165) is 22.7 Å². The van der Waals surface area contributed by atoms with Gasteiger partial charge in [-0.05, 0) is 36.6 Å². The van der Waals surface area contributed by atoms with Gasteiger partial charge in [0.2, 0.25) is 0 Å². The van der Waals surface area contributed by atoms with Gasteiger partial charge in [-0.25, -0.2) is 4.98 Å². The molecular weight excluding hydrogens is 348 g/mol. The molecule has 0 unspecified atom stereocenters. The number of ether oxygens (including phenoxy) is 1. The van der Waals surface area contributed by atoms with Crippen LogP contribution in [0.15, 0.2) is 54.3 Å². The van der Waals surface area contributed by atoms with E-state index in [9.17, 15) is 5.11 Å². The molecule has 7 heteroatoms. The van der Waals surface area contributed by atoms with Crippen LogP contribution in [-0.2, 0) is 6.54 Å². The first-order valence-electron chi connectivity index (χ1n) is 8.30. The van der Waals surface area contributed by atoms with Crippen LogP contribution in [0.2, 0.25) is 0 Å². The van der Waals surface area contributed by atoms with Gasteiger partial charge in [-0.1, -0.05) is 6.07 Å². The summed E-state index contributed by atoms with van der Waals surface area (Å²) in [6.07, 6.45) is 5.34. The van der Waals surface area contributed by atoms with Crippen LogP contribution in [0.1, 0.15) is 11.8 Å². The Morgan fingerprint density at radius 2 is 2.23 bits per heavy atom. The van der Waals surface area contributed by atoms with Crippen LogP contribution in [0.3, 0.4) is 0 Å². The van der Waals surface area contributed by atoms with E-state index in [4.69, 9.17) is 9.72 Å². The predicted molar refractivity (Wildman–Crippen MR) is 103 cm³/mol. The lowest BCUT2D eigenvalue weighted by Gasteiger charge is -2.10. The maximum atomic E-state index is 9.98. The molecule has 6 nitrogen and oxygen atoms in total. The molecule has 132 valence electrons. The zero-order valence-corrected chi connectivity index (χ0v) is 15.0. The van der Waals surface area contributed by atoms with Crippen molar-refractivity contribution in [3.8, 4) is 22.8 Å². The summed E-state index contributed by atoms with van der Waals surface area (Å²) in [4.78, 5) is 10.1. The van der Waals surface area contributed by atoms with Gasteiger partial charge in [-0.15, -0.1) is 11.3 Å². The molecule has 0 radical (unpaired) electrons. The largest absolute Gasteiger partial charge is 0.504 e. The summed E-state index contributed by atoms with van der Waals surface area (Å²) in [6, 6.07) is 9.41. The van der Waals surface area contributed by atoms with Gasteiger partial charge in [0.25, 0.3) is 0 Å². The van der Waals surface area contributed by atoms with Gasteiger partial charge in [-0.2, -0.15) is 0 Å². The number of fused-ring (bicyclic) bond motifs is 1. The Morgan fingerprint density at radius 3 is 3.04 bits per heavy atom. The van der Waals surface area contributed by atoms with Crippen LogP contribution in [0.4, 0.5) is 5.82 Å². The smallest absolute Gasteiger partial charge is 0.161 e. The predicted octanol–water partition coefficient (Wildman–Crippen LogP) is 4.17. The van der Waals surface area contributed by atoms with Crippen LogP contribution in [-0.4, -0.2) is 26.1 Å². The highest BCUT2D eigenvalue weighted by atomic mass is 32.1. The molecule has 0 saturated carbocycles. The Kier molecular flexibility index (Phi) is 4.45. The molecule has 3 heterocycles. The van der Waals surface area contributed by atoms with E-state index in [1.165, 1.54) is 4.88 Å². The topological polar surface area (TPSA) is 71.7 Å². The third-order valence-corrected chi connectivity index (χ3v) is 4.85. The second-order valence-corrected chi connectivity index (χ2v) is 6.69. The summed E-state index contributed by atoms with van der Waals surface area (Å²) >= 11 is 1.71. The van der Waals surface area contributed by atoms with Crippen molar-refractivity contribution in [3.63, 3.8) is 0 Å². The zero-order valence-electron chi connectivity index (χ0n) is 14.2. The average molecular weight is 366 g/mol. The number of thiophene rings is 1. The molecule has 0 aliphatic rings. The molecule has 0 aliphatic heterocycles. The van der Waals surface area contributed by atoms with Gasteiger partial charge in [0.05, 0.1) is 19.3 Å². The summed E-state index contributed by atoms with van der Waals surface area (Å²) in [7, 11) is 0. The second-order valence-electron chi connectivity index (χ2n) is 5.66. The van der Waals surface area contributed by atoms with Crippen molar-refractivity contribution in [2.75, 3.05) is 11.9 Å². The molecule has 0 bridgehead atoms. The zero-order chi connectivity index (χ0) is 17.9. The van der Waals surface area contributed by atoms with Crippen molar-refractivity contribution in [2.24, 2.45) is 0 Å². The first-order valence-corrected chi connectivity index (χ1v) is 9.18. The highest BCUT2D eigenvalue weighted by Crippen LogP contribution is 2.35. The number of anilines is 1. The van der Waals surface area contributed by atoms with Crippen LogP contribution in [0.25, 0.3) is 16.9 Å². The van der Waals surface area contributed by atoms with Crippen molar-refractivity contribution >= 4 is 22.8 Å². The lowest BCUT2D eigenvalue weighted by molar-refractivity contribution is 0.318. The maximum Gasteiger partial charge on any atom is 0.161 e. The van der Waals surface area contributed by atoms with Crippen molar-refractivity contribution in [2.45, 2.75) is 13.5 Å². The number of aromatic nitrogens is 3. The molecule has 0 amide bonds. The summed E-state index contributed by atoms with van der Waals surface area (Å²) in [6.45, 7) is 3.07. The van der Waals surface area contributed by atoms with E-state index in [1.807, 2.05) is 35.7 Å². The van der Waals surface area contributed by atoms with E-state index < -0.39 is 0 Å². The van der Waals surface area contributed by atoms with Crippen molar-refractivity contribution in [1.29, 1.82) is 0 Å². The molecule has 4 rings (SSSR count). The van der Waals surface area contributed by atoms with E-state index in [0.29, 0.717) is 18.9 Å². The van der Waals surface area contributed by atoms with Crippen molar-refractivity contribution in [3.05, 3.63) is 59.2 Å². The summed E-state index contributed by atoms with van der Waals surface area (Å²) in [5, 5.41) is 15.5. The van der Waals surface area contributed by atoms with Crippen molar-refractivity contribution < 1.29 is 9.84 Å². The summed E-state index contributed by atoms with van der Waals surface area (Å²) in [5.74, 6) is 1.45. The Morgan fingerprint density at radius 1 is 1.31 bits per heavy atom. The summed E-state index contributed by atoms with van der Waals surface area (Å²) in [5.41, 5.74) is 2.40. The number of benzene rings is 1. The molecule has 26 heavy (non-hydrogen) atoms. The quantitative estimate of drug-likeness (QED) is 0.536. The number of nitrogens with one attached hydrogen (secondary N) is 1. The number of imidazole rings is 1. The highest BCUT2D eigenvalue weighted by molar-refractivity contribution is 7.09. The minimum Gasteiger partial charge on any atom is -0.504 e. The van der Waals surface area contributed by atoms with E-state index >= 15 is 0 Å². The molecule has 0 aliphatic carbocycles. The third kappa shape index (κ3) is 3.09. The monoisotopic (exact) mass is 366 g/mol.